The Morgan fingerprint density at radius 2 is 1.43 bits per heavy atom. The van der Waals surface area contributed by atoms with Crippen LogP contribution in [0.3, 0.4) is 0 Å². The van der Waals surface area contributed by atoms with E-state index in [0.717, 1.165) is 0 Å². The second-order valence-electron chi connectivity index (χ2n) is 0.673. The standard InChI is InChI=1S/C2H4Cl2.CH3ClO/c1-2(3)4;1-3-2/h2H,1H3;1H3. The van der Waals surface area contributed by atoms with Crippen molar-refractivity contribution in [3.05, 3.63) is 0 Å². The third-order valence-corrected chi connectivity index (χ3v) is 0. The maximum Gasteiger partial charge on any atom is 0.105 e. The maximum atomic E-state index is 5.04. The number of rotatable bonds is 0. The molecule has 0 rings (SSSR count). The van der Waals surface area contributed by atoms with Gasteiger partial charge in [-0.05, 0) is 6.92 Å². The Morgan fingerprint density at radius 3 is 1.43 bits per heavy atom. The van der Waals surface area contributed by atoms with Crippen molar-refractivity contribution < 1.29 is 4.29 Å². The Hall–Kier alpha value is 0.830. The van der Waals surface area contributed by atoms with Gasteiger partial charge in [0.25, 0.3) is 0 Å². The first-order valence-electron chi connectivity index (χ1n) is 1.58. The largest absolute Gasteiger partial charge is 0.283 e. The SMILES string of the molecule is CC(Cl)Cl.COCl. The third-order valence-electron chi connectivity index (χ3n) is 0. The van der Waals surface area contributed by atoms with Gasteiger partial charge in [-0.15, -0.1) is 23.2 Å². The lowest BCUT2D eigenvalue weighted by molar-refractivity contribution is 0.463. The van der Waals surface area contributed by atoms with Gasteiger partial charge in [0.2, 0.25) is 0 Å². The fraction of sp³-hybridized carbons (Fsp3) is 1.00. The van der Waals surface area contributed by atoms with Crippen LogP contribution in [-0.4, -0.2) is 11.9 Å². The maximum absolute atomic E-state index is 5.04. The lowest BCUT2D eigenvalue weighted by Gasteiger charge is -1.72. The molecule has 0 spiro atoms. The molecule has 4 heteroatoms. The van der Waals surface area contributed by atoms with Crippen LogP contribution in [0.15, 0.2) is 0 Å². The quantitative estimate of drug-likeness (QED) is 0.501. The minimum absolute atomic E-state index is 0.222. The molecule has 0 N–H and O–H groups in total. The molecule has 1 nitrogen and oxygen atoms in total. The first-order chi connectivity index (χ1) is 3.15. The van der Waals surface area contributed by atoms with Gasteiger partial charge in [-0.2, -0.15) is 0 Å². The molecular formula is C3H7Cl3O. The summed E-state index contributed by atoms with van der Waals surface area (Å²) >= 11 is 14.6. The highest BCUT2D eigenvalue weighted by atomic mass is 35.5. The van der Waals surface area contributed by atoms with Gasteiger partial charge in [0.1, 0.15) is 4.84 Å². The van der Waals surface area contributed by atoms with Gasteiger partial charge in [0, 0.05) is 0 Å². The van der Waals surface area contributed by atoms with Crippen LogP contribution in [0.4, 0.5) is 0 Å². The molecule has 0 fully saturated rings. The second kappa shape index (κ2) is 9.95. The predicted molar refractivity (Wildman–Crippen MR) is 34.0 cm³/mol. The highest BCUT2D eigenvalue weighted by Crippen LogP contribution is 1.95. The zero-order chi connectivity index (χ0) is 6.28. The van der Waals surface area contributed by atoms with E-state index in [-0.39, 0.29) is 4.84 Å². The monoisotopic (exact) mass is 164 g/mol. The fourth-order valence-electron chi connectivity index (χ4n) is 0. The van der Waals surface area contributed by atoms with E-state index in [1.807, 2.05) is 0 Å². The molecule has 46 valence electrons. The second-order valence-corrected chi connectivity index (χ2v) is 2.51. The van der Waals surface area contributed by atoms with Crippen LogP contribution in [0.1, 0.15) is 6.92 Å². The highest BCUT2D eigenvalue weighted by molar-refractivity contribution is 6.43. The molecule has 0 heterocycles. The van der Waals surface area contributed by atoms with E-state index in [1.165, 1.54) is 7.11 Å². The van der Waals surface area contributed by atoms with Crippen molar-refractivity contribution in [1.29, 1.82) is 0 Å². The first kappa shape index (κ1) is 10.7. The summed E-state index contributed by atoms with van der Waals surface area (Å²) in [6.45, 7) is 1.70. The molecule has 0 aliphatic heterocycles. The van der Waals surface area contributed by atoms with Crippen molar-refractivity contribution in [1.82, 2.24) is 0 Å². The van der Waals surface area contributed by atoms with Crippen molar-refractivity contribution in [3.8, 4) is 0 Å². The van der Waals surface area contributed by atoms with Crippen LogP contribution in [0.2, 0.25) is 0 Å². The zero-order valence-corrected chi connectivity index (χ0v) is 6.39. The van der Waals surface area contributed by atoms with E-state index in [4.69, 9.17) is 23.2 Å². The van der Waals surface area contributed by atoms with E-state index in [2.05, 4.69) is 16.2 Å². The summed E-state index contributed by atoms with van der Waals surface area (Å²) in [5.41, 5.74) is 0. The molecule has 0 aliphatic rings. The molecule has 0 radical (unpaired) electrons. The molecule has 0 aromatic carbocycles. The van der Waals surface area contributed by atoms with E-state index >= 15 is 0 Å². The summed E-state index contributed by atoms with van der Waals surface area (Å²) in [6, 6.07) is 0. The van der Waals surface area contributed by atoms with E-state index in [9.17, 15) is 0 Å². The Labute approximate surface area is 58.7 Å². The van der Waals surface area contributed by atoms with Crippen molar-refractivity contribution >= 4 is 35.1 Å². The van der Waals surface area contributed by atoms with Gasteiger partial charge >= 0.3 is 0 Å². The van der Waals surface area contributed by atoms with Crippen molar-refractivity contribution in [2.75, 3.05) is 7.11 Å². The van der Waals surface area contributed by atoms with Gasteiger partial charge in [-0.1, -0.05) is 0 Å². The molecular weight excluding hydrogens is 158 g/mol. The highest BCUT2D eigenvalue weighted by Gasteiger charge is 1.75. The summed E-state index contributed by atoms with van der Waals surface area (Å²) in [6.07, 6.45) is 0. The Bertz CT molecular complexity index is 21.4. The number of hydrogen-bond donors (Lipinski definition) is 0. The van der Waals surface area contributed by atoms with Gasteiger partial charge in [-0.3, -0.25) is 4.29 Å². The van der Waals surface area contributed by atoms with Gasteiger partial charge in [0.15, 0.2) is 0 Å². The van der Waals surface area contributed by atoms with Crippen LogP contribution in [0.5, 0.6) is 0 Å². The summed E-state index contributed by atoms with van der Waals surface area (Å²) in [5.74, 6) is 0. The van der Waals surface area contributed by atoms with E-state index in [0.29, 0.717) is 0 Å². The van der Waals surface area contributed by atoms with Gasteiger partial charge < -0.3 is 0 Å². The fourth-order valence-corrected chi connectivity index (χ4v) is 0. The van der Waals surface area contributed by atoms with Crippen LogP contribution < -0.4 is 0 Å². The summed E-state index contributed by atoms with van der Waals surface area (Å²) in [5, 5.41) is 0. The normalized spacial score (nSPS) is 7.71. The lowest BCUT2D eigenvalue weighted by atomic mass is 11.0. The Kier molecular flexibility index (Phi) is 15.3. The molecule has 0 unspecified atom stereocenters. The van der Waals surface area contributed by atoms with E-state index < -0.39 is 0 Å². The average molecular weight is 165 g/mol. The molecule has 0 saturated heterocycles. The van der Waals surface area contributed by atoms with Crippen molar-refractivity contribution in [3.63, 3.8) is 0 Å². The third kappa shape index (κ3) is 231. The molecule has 0 atom stereocenters. The molecule has 0 saturated carbocycles. The Balaban J connectivity index is 0. The minimum atomic E-state index is -0.222. The topological polar surface area (TPSA) is 9.23 Å². The number of alkyl halides is 2. The van der Waals surface area contributed by atoms with Crippen molar-refractivity contribution in [2.24, 2.45) is 0 Å². The minimum Gasteiger partial charge on any atom is -0.283 e. The Morgan fingerprint density at radius 1 is 1.43 bits per heavy atom. The number of halogens is 3. The summed E-state index contributed by atoms with van der Waals surface area (Å²) < 4.78 is 3.72. The summed E-state index contributed by atoms with van der Waals surface area (Å²) in [4.78, 5) is -0.222. The number of hydrogen-bond acceptors (Lipinski definition) is 1. The summed E-state index contributed by atoms with van der Waals surface area (Å²) in [7, 11) is 1.39. The zero-order valence-electron chi connectivity index (χ0n) is 4.12. The first-order valence-corrected chi connectivity index (χ1v) is 2.76. The molecule has 0 aliphatic carbocycles. The predicted octanol–water partition coefficient (Wildman–Crippen LogP) is 2.60. The van der Waals surface area contributed by atoms with Gasteiger partial charge in [-0.25, -0.2) is 0 Å². The van der Waals surface area contributed by atoms with Crippen LogP contribution >= 0.6 is 35.1 Å². The molecule has 0 aromatic rings. The molecule has 0 amide bonds. The molecule has 0 aromatic heterocycles. The average Bonchev–Trinajstić information content (AvgIpc) is 1.33. The van der Waals surface area contributed by atoms with E-state index in [1.54, 1.807) is 6.92 Å². The molecule has 0 bridgehead atoms. The smallest absolute Gasteiger partial charge is 0.105 e. The van der Waals surface area contributed by atoms with Crippen molar-refractivity contribution in [2.45, 2.75) is 11.8 Å². The molecule has 7 heavy (non-hydrogen) atoms. The van der Waals surface area contributed by atoms with Crippen LogP contribution in [-0.2, 0) is 4.29 Å². The van der Waals surface area contributed by atoms with Crippen LogP contribution in [0.25, 0.3) is 0 Å². The van der Waals surface area contributed by atoms with Crippen LogP contribution in [0, 0.1) is 0 Å². The lowest BCUT2D eigenvalue weighted by Crippen LogP contribution is -1.63. The van der Waals surface area contributed by atoms with Gasteiger partial charge in [0.05, 0.1) is 19.0 Å².